The number of fused-ring (bicyclic) bond motifs is 1. The highest BCUT2D eigenvalue weighted by Crippen LogP contribution is 2.29. The van der Waals surface area contributed by atoms with Crippen LogP contribution in [0.2, 0.25) is 0 Å². The minimum Gasteiger partial charge on any atom is -0.493 e. The Labute approximate surface area is 171 Å². The summed E-state index contributed by atoms with van der Waals surface area (Å²) in [5.41, 5.74) is 6.95. The second-order valence-corrected chi connectivity index (χ2v) is 7.40. The fourth-order valence-electron chi connectivity index (χ4n) is 2.90. The zero-order chi connectivity index (χ0) is 20.4. The average Bonchev–Trinajstić information content (AvgIpc) is 3.20. The van der Waals surface area contributed by atoms with Crippen LogP contribution in [-0.2, 0) is 0 Å². The van der Waals surface area contributed by atoms with E-state index in [0.717, 1.165) is 16.7 Å². The van der Waals surface area contributed by atoms with Crippen molar-refractivity contribution in [2.45, 2.75) is 13.8 Å². The molecule has 0 aliphatic carbocycles. The van der Waals surface area contributed by atoms with Crippen molar-refractivity contribution in [3.8, 4) is 17.0 Å². The first kappa shape index (κ1) is 18.9. The molecule has 0 spiro atoms. The van der Waals surface area contributed by atoms with Gasteiger partial charge in [-0.15, -0.1) is 11.3 Å². The van der Waals surface area contributed by atoms with Crippen molar-refractivity contribution in [2.24, 2.45) is 5.10 Å². The lowest BCUT2D eigenvalue weighted by Gasteiger charge is -2.04. The van der Waals surface area contributed by atoms with E-state index >= 15 is 0 Å². The van der Waals surface area contributed by atoms with Crippen LogP contribution in [0, 0.1) is 6.92 Å². The molecule has 2 aromatic carbocycles. The van der Waals surface area contributed by atoms with E-state index in [1.807, 2.05) is 50.2 Å². The summed E-state index contributed by atoms with van der Waals surface area (Å²) in [5.74, 6) is 0.521. The fourth-order valence-corrected chi connectivity index (χ4v) is 3.55. The first-order valence-corrected chi connectivity index (χ1v) is 9.87. The van der Waals surface area contributed by atoms with Crippen LogP contribution >= 0.6 is 11.3 Å². The van der Waals surface area contributed by atoms with E-state index < -0.39 is 5.63 Å². The van der Waals surface area contributed by atoms with Crippen LogP contribution < -0.4 is 15.8 Å². The van der Waals surface area contributed by atoms with E-state index in [4.69, 9.17) is 9.15 Å². The van der Waals surface area contributed by atoms with Crippen molar-refractivity contribution >= 4 is 33.1 Å². The second kappa shape index (κ2) is 7.89. The highest BCUT2D eigenvalue weighted by atomic mass is 32.1. The average molecular weight is 405 g/mol. The zero-order valence-corrected chi connectivity index (χ0v) is 17.0. The highest BCUT2D eigenvalue weighted by Gasteiger charge is 2.13. The molecule has 0 aliphatic rings. The Morgan fingerprint density at radius 1 is 1.21 bits per heavy atom. The van der Waals surface area contributed by atoms with Gasteiger partial charge in [-0.25, -0.2) is 9.78 Å². The Bertz CT molecular complexity index is 1260. The van der Waals surface area contributed by atoms with E-state index in [1.54, 1.807) is 24.6 Å². The molecule has 0 fully saturated rings. The molecule has 4 rings (SSSR count). The van der Waals surface area contributed by atoms with E-state index in [1.165, 1.54) is 16.9 Å². The summed E-state index contributed by atoms with van der Waals surface area (Å²) >= 11 is 1.37. The highest BCUT2D eigenvalue weighted by molar-refractivity contribution is 7.14. The van der Waals surface area contributed by atoms with Crippen LogP contribution in [0.15, 0.2) is 68.2 Å². The Morgan fingerprint density at radius 3 is 2.76 bits per heavy atom. The minimum absolute atomic E-state index is 0.397. The number of hydrogen-bond acceptors (Lipinski definition) is 7. The number of ether oxygens (including phenoxy) is 1. The number of hydrogen-bond donors (Lipinski definition) is 1. The lowest BCUT2D eigenvalue weighted by molar-refractivity contribution is 0.407. The molecule has 146 valence electrons. The maximum absolute atomic E-state index is 12.5. The summed E-state index contributed by atoms with van der Waals surface area (Å²) in [6, 6.07) is 15.4. The van der Waals surface area contributed by atoms with E-state index in [-0.39, 0.29) is 0 Å². The van der Waals surface area contributed by atoms with Crippen molar-refractivity contribution in [1.82, 2.24) is 4.98 Å². The molecule has 0 amide bonds. The zero-order valence-electron chi connectivity index (χ0n) is 16.2. The third kappa shape index (κ3) is 3.90. The van der Waals surface area contributed by atoms with Gasteiger partial charge in [0.25, 0.3) is 0 Å². The largest absolute Gasteiger partial charge is 0.493 e. The summed E-state index contributed by atoms with van der Waals surface area (Å²) in [4.78, 5) is 17.0. The molecule has 2 aromatic heterocycles. The van der Waals surface area contributed by atoms with Crippen LogP contribution in [0.5, 0.6) is 5.75 Å². The van der Waals surface area contributed by atoms with Crippen molar-refractivity contribution in [1.29, 1.82) is 0 Å². The number of anilines is 1. The third-order valence-corrected chi connectivity index (χ3v) is 5.26. The molecule has 0 unspecified atom stereocenters. The molecule has 1 N–H and O–H groups in total. The number of nitrogens with zero attached hydrogens (tertiary/aromatic N) is 2. The lowest BCUT2D eigenvalue weighted by atomic mass is 10.1. The van der Waals surface area contributed by atoms with Crippen molar-refractivity contribution < 1.29 is 9.15 Å². The number of aryl methyl sites for hydroxylation is 1. The van der Waals surface area contributed by atoms with Crippen molar-refractivity contribution in [2.75, 3.05) is 12.5 Å². The Kier molecular flexibility index (Phi) is 5.14. The molecule has 2 heterocycles. The van der Waals surface area contributed by atoms with E-state index in [2.05, 4.69) is 15.5 Å². The Balaban J connectivity index is 1.60. The fraction of sp³-hybridized carbons (Fsp3) is 0.136. The van der Waals surface area contributed by atoms with Gasteiger partial charge in [0.05, 0.1) is 24.1 Å². The Morgan fingerprint density at radius 2 is 2.00 bits per heavy atom. The third-order valence-electron chi connectivity index (χ3n) is 4.51. The lowest BCUT2D eigenvalue weighted by Crippen LogP contribution is -2.04. The van der Waals surface area contributed by atoms with Crippen LogP contribution in [0.4, 0.5) is 5.13 Å². The number of methoxy groups -OCH3 is 1. The van der Waals surface area contributed by atoms with Crippen LogP contribution in [0.1, 0.15) is 18.1 Å². The maximum Gasteiger partial charge on any atom is 0.345 e. The van der Waals surface area contributed by atoms with Gasteiger partial charge >= 0.3 is 5.63 Å². The standard InChI is InChI=1S/C22H19N3O3S/c1-13-7-9-15(10-8-13)14(2)24-25-22-23-18(12-29-22)17-11-16-5-4-6-19(27-3)20(16)28-21(17)26/h4-12H,1-3H3,(H,23,25)/b24-14-. The van der Waals surface area contributed by atoms with Gasteiger partial charge in [0, 0.05) is 10.8 Å². The number of hydrazone groups is 1. The van der Waals surface area contributed by atoms with Gasteiger partial charge < -0.3 is 9.15 Å². The SMILES string of the molecule is COc1cccc2cc(-c3csc(N/N=C(/C)c4ccc(C)cc4)n3)c(=O)oc12. The van der Waals surface area contributed by atoms with E-state index in [9.17, 15) is 4.79 Å². The van der Waals surface area contributed by atoms with Gasteiger partial charge in [-0.05, 0) is 31.5 Å². The first-order valence-electron chi connectivity index (χ1n) is 8.99. The molecular formula is C22H19N3O3S. The molecule has 0 radical (unpaired) electrons. The molecule has 0 atom stereocenters. The predicted molar refractivity (Wildman–Crippen MR) is 117 cm³/mol. The van der Waals surface area contributed by atoms with Crippen LogP contribution in [0.25, 0.3) is 22.2 Å². The first-order chi connectivity index (χ1) is 14.0. The van der Waals surface area contributed by atoms with Crippen LogP contribution in [-0.4, -0.2) is 17.8 Å². The molecule has 0 aliphatic heterocycles. The van der Waals surface area contributed by atoms with Gasteiger partial charge in [-0.3, -0.25) is 5.43 Å². The van der Waals surface area contributed by atoms with Crippen molar-refractivity contribution in [3.05, 3.63) is 75.5 Å². The second-order valence-electron chi connectivity index (χ2n) is 6.54. The van der Waals surface area contributed by atoms with Crippen molar-refractivity contribution in [3.63, 3.8) is 0 Å². The van der Waals surface area contributed by atoms with Crippen LogP contribution in [0.3, 0.4) is 0 Å². The summed E-state index contributed by atoms with van der Waals surface area (Å²) < 4.78 is 10.7. The number of thiazole rings is 1. The van der Waals surface area contributed by atoms with Gasteiger partial charge in [0.1, 0.15) is 0 Å². The molecule has 7 heteroatoms. The number of rotatable bonds is 5. The van der Waals surface area contributed by atoms with E-state index in [0.29, 0.717) is 27.7 Å². The summed E-state index contributed by atoms with van der Waals surface area (Å²) in [7, 11) is 1.54. The number of benzene rings is 2. The predicted octanol–water partition coefficient (Wildman–Crippen LogP) is 5.07. The quantitative estimate of drug-likeness (QED) is 0.285. The summed E-state index contributed by atoms with van der Waals surface area (Å²) in [6.45, 7) is 3.97. The summed E-state index contributed by atoms with van der Waals surface area (Å²) in [5, 5.41) is 7.56. The maximum atomic E-state index is 12.5. The smallest absolute Gasteiger partial charge is 0.345 e. The molecule has 6 nitrogen and oxygen atoms in total. The molecule has 0 saturated heterocycles. The monoisotopic (exact) mass is 405 g/mol. The molecule has 4 aromatic rings. The Hall–Kier alpha value is -3.45. The minimum atomic E-state index is -0.460. The van der Waals surface area contributed by atoms with Gasteiger partial charge in [0.2, 0.25) is 5.13 Å². The van der Waals surface area contributed by atoms with Gasteiger partial charge in [0.15, 0.2) is 11.3 Å². The summed E-state index contributed by atoms with van der Waals surface area (Å²) in [6.07, 6.45) is 0. The van der Waals surface area contributed by atoms with Gasteiger partial charge in [-0.1, -0.05) is 42.0 Å². The topological polar surface area (TPSA) is 76.7 Å². The number of nitrogens with one attached hydrogen (secondary N) is 1. The molecule has 29 heavy (non-hydrogen) atoms. The number of para-hydroxylation sites is 1. The molecule has 0 bridgehead atoms. The van der Waals surface area contributed by atoms with Gasteiger partial charge in [-0.2, -0.15) is 5.10 Å². The molecular weight excluding hydrogens is 386 g/mol. The number of aromatic nitrogens is 1. The normalized spacial score (nSPS) is 11.6. The molecule has 0 saturated carbocycles.